The molecule has 0 radical (unpaired) electrons. The number of hydrogen-bond donors (Lipinski definition) is 2. The molecule has 1 fully saturated rings. The Morgan fingerprint density at radius 2 is 2.23 bits per heavy atom. The fourth-order valence-electron chi connectivity index (χ4n) is 1.45. The number of amides is 1. The van der Waals surface area contributed by atoms with Crippen LogP contribution in [-0.4, -0.2) is 18.0 Å². The van der Waals surface area contributed by atoms with E-state index < -0.39 is 0 Å². The van der Waals surface area contributed by atoms with Crippen LogP contribution in [0.4, 0.5) is 0 Å². The Bertz CT molecular complexity index is 178. The third kappa shape index (κ3) is 3.77. The second kappa shape index (κ2) is 4.61. The lowest BCUT2D eigenvalue weighted by atomic mass is 10.1. The van der Waals surface area contributed by atoms with Gasteiger partial charge in [0.15, 0.2) is 0 Å². The molecular formula is C10H20N2O. The van der Waals surface area contributed by atoms with Crippen LogP contribution in [0, 0.1) is 5.92 Å². The topological polar surface area (TPSA) is 55.1 Å². The third-order valence-corrected chi connectivity index (χ3v) is 2.55. The third-order valence-electron chi connectivity index (χ3n) is 2.55. The van der Waals surface area contributed by atoms with Crippen molar-refractivity contribution < 1.29 is 4.79 Å². The maximum Gasteiger partial charge on any atom is 0.237 e. The minimum Gasteiger partial charge on any atom is -0.352 e. The summed E-state index contributed by atoms with van der Waals surface area (Å²) in [5, 5.41) is 2.94. The van der Waals surface area contributed by atoms with Gasteiger partial charge in [-0.3, -0.25) is 4.79 Å². The van der Waals surface area contributed by atoms with Gasteiger partial charge in [-0.1, -0.05) is 19.8 Å². The predicted octanol–water partition coefficient (Wildman–Crippen LogP) is 1.03. The van der Waals surface area contributed by atoms with Gasteiger partial charge in [-0.25, -0.2) is 0 Å². The largest absolute Gasteiger partial charge is 0.352 e. The van der Waals surface area contributed by atoms with Crippen LogP contribution in [0.15, 0.2) is 0 Å². The Morgan fingerprint density at radius 3 is 2.69 bits per heavy atom. The summed E-state index contributed by atoms with van der Waals surface area (Å²) in [6.45, 7) is 3.98. The Balaban J connectivity index is 2.17. The van der Waals surface area contributed by atoms with E-state index in [0.29, 0.717) is 6.42 Å². The summed E-state index contributed by atoms with van der Waals surface area (Å²) in [7, 11) is 0. The van der Waals surface area contributed by atoms with Crippen molar-refractivity contribution in [3.05, 3.63) is 0 Å². The van der Waals surface area contributed by atoms with Crippen molar-refractivity contribution in [1.29, 1.82) is 0 Å². The van der Waals surface area contributed by atoms with Crippen LogP contribution >= 0.6 is 0 Å². The SMILES string of the molecule is CC[C@H](N)C(=O)NC(C)CC1CC1. The molecule has 0 spiro atoms. The van der Waals surface area contributed by atoms with Crippen LogP contribution in [0.1, 0.15) is 39.5 Å². The van der Waals surface area contributed by atoms with Crippen molar-refractivity contribution in [2.75, 3.05) is 0 Å². The molecular weight excluding hydrogens is 164 g/mol. The molecule has 1 rings (SSSR count). The molecule has 3 N–H and O–H groups in total. The van der Waals surface area contributed by atoms with Crippen molar-refractivity contribution in [2.24, 2.45) is 11.7 Å². The van der Waals surface area contributed by atoms with Crippen molar-refractivity contribution >= 4 is 5.91 Å². The summed E-state index contributed by atoms with van der Waals surface area (Å²) in [4.78, 5) is 11.4. The number of nitrogens with one attached hydrogen (secondary N) is 1. The minimum absolute atomic E-state index is 0.00403. The van der Waals surface area contributed by atoms with E-state index in [1.165, 1.54) is 12.8 Å². The van der Waals surface area contributed by atoms with E-state index in [-0.39, 0.29) is 18.0 Å². The van der Waals surface area contributed by atoms with Gasteiger partial charge in [0.05, 0.1) is 6.04 Å². The van der Waals surface area contributed by atoms with Gasteiger partial charge in [-0.05, 0) is 25.7 Å². The first-order valence-corrected chi connectivity index (χ1v) is 5.19. The lowest BCUT2D eigenvalue weighted by molar-refractivity contribution is -0.123. The number of rotatable bonds is 5. The van der Waals surface area contributed by atoms with Gasteiger partial charge >= 0.3 is 0 Å². The first kappa shape index (κ1) is 10.5. The summed E-state index contributed by atoms with van der Waals surface area (Å²) in [5.74, 6) is 0.851. The Kier molecular flexibility index (Phi) is 3.72. The second-order valence-corrected chi connectivity index (χ2v) is 4.10. The van der Waals surface area contributed by atoms with Crippen molar-refractivity contribution in [1.82, 2.24) is 5.32 Å². The Labute approximate surface area is 80.1 Å². The highest BCUT2D eigenvalue weighted by Crippen LogP contribution is 2.33. The van der Waals surface area contributed by atoms with E-state index in [1.807, 2.05) is 6.92 Å². The number of hydrogen-bond acceptors (Lipinski definition) is 2. The predicted molar refractivity (Wildman–Crippen MR) is 53.2 cm³/mol. The van der Waals surface area contributed by atoms with Gasteiger partial charge in [0, 0.05) is 6.04 Å². The zero-order valence-corrected chi connectivity index (χ0v) is 8.55. The Hall–Kier alpha value is -0.570. The van der Waals surface area contributed by atoms with Crippen molar-refractivity contribution in [2.45, 2.75) is 51.6 Å². The Morgan fingerprint density at radius 1 is 1.62 bits per heavy atom. The first-order chi connectivity index (χ1) is 6.13. The molecule has 1 saturated carbocycles. The van der Waals surface area contributed by atoms with E-state index in [2.05, 4.69) is 12.2 Å². The standard InChI is InChI=1S/C10H20N2O/c1-3-9(11)10(13)12-7(2)6-8-4-5-8/h7-9H,3-6,11H2,1-2H3,(H,12,13)/t7?,9-/m0/s1. The van der Waals surface area contributed by atoms with E-state index in [1.54, 1.807) is 0 Å². The minimum atomic E-state index is -0.332. The fraction of sp³-hybridized carbons (Fsp3) is 0.900. The molecule has 1 aliphatic rings. The van der Waals surface area contributed by atoms with Gasteiger partial charge < -0.3 is 11.1 Å². The monoisotopic (exact) mass is 184 g/mol. The molecule has 0 saturated heterocycles. The average Bonchev–Trinajstić information content (AvgIpc) is 2.86. The molecule has 0 aromatic rings. The summed E-state index contributed by atoms with van der Waals surface area (Å²) in [5.41, 5.74) is 5.60. The molecule has 76 valence electrons. The molecule has 1 aliphatic carbocycles. The summed E-state index contributed by atoms with van der Waals surface area (Å²) >= 11 is 0. The van der Waals surface area contributed by atoms with E-state index in [9.17, 15) is 4.79 Å². The van der Waals surface area contributed by atoms with Crippen LogP contribution in [0.2, 0.25) is 0 Å². The molecule has 1 amide bonds. The molecule has 0 heterocycles. The second-order valence-electron chi connectivity index (χ2n) is 4.10. The zero-order chi connectivity index (χ0) is 9.84. The fourth-order valence-corrected chi connectivity index (χ4v) is 1.45. The summed E-state index contributed by atoms with van der Waals surface area (Å²) in [6, 6.07) is -0.0424. The molecule has 0 aromatic carbocycles. The van der Waals surface area contributed by atoms with E-state index >= 15 is 0 Å². The maximum absolute atomic E-state index is 11.4. The lowest BCUT2D eigenvalue weighted by Crippen LogP contribution is -2.44. The molecule has 3 nitrogen and oxygen atoms in total. The average molecular weight is 184 g/mol. The highest BCUT2D eigenvalue weighted by Gasteiger charge is 2.24. The summed E-state index contributed by atoms with van der Waals surface area (Å²) < 4.78 is 0. The number of nitrogens with two attached hydrogens (primary N) is 1. The van der Waals surface area contributed by atoms with Gasteiger partial charge in [0.2, 0.25) is 5.91 Å². The molecule has 0 aliphatic heterocycles. The normalized spacial score (nSPS) is 20.8. The van der Waals surface area contributed by atoms with Crippen LogP contribution in [0.25, 0.3) is 0 Å². The highest BCUT2D eigenvalue weighted by atomic mass is 16.2. The number of carbonyl (C=O) groups excluding carboxylic acids is 1. The zero-order valence-electron chi connectivity index (χ0n) is 8.55. The number of carbonyl (C=O) groups is 1. The van der Waals surface area contributed by atoms with Crippen LogP contribution in [0.5, 0.6) is 0 Å². The highest BCUT2D eigenvalue weighted by molar-refractivity contribution is 5.81. The maximum atomic E-state index is 11.4. The smallest absolute Gasteiger partial charge is 0.237 e. The van der Waals surface area contributed by atoms with Crippen LogP contribution in [-0.2, 0) is 4.79 Å². The summed E-state index contributed by atoms with van der Waals surface area (Å²) in [6.07, 6.45) is 4.49. The quantitative estimate of drug-likeness (QED) is 0.670. The van der Waals surface area contributed by atoms with Gasteiger partial charge in [-0.2, -0.15) is 0 Å². The lowest BCUT2D eigenvalue weighted by Gasteiger charge is -2.16. The van der Waals surface area contributed by atoms with Gasteiger partial charge in [-0.15, -0.1) is 0 Å². The molecule has 3 heteroatoms. The van der Waals surface area contributed by atoms with Gasteiger partial charge in [0.25, 0.3) is 0 Å². The van der Waals surface area contributed by atoms with E-state index in [0.717, 1.165) is 12.3 Å². The van der Waals surface area contributed by atoms with Crippen molar-refractivity contribution in [3.63, 3.8) is 0 Å². The van der Waals surface area contributed by atoms with Crippen LogP contribution < -0.4 is 11.1 Å². The molecule has 0 aromatic heterocycles. The molecule has 0 bridgehead atoms. The first-order valence-electron chi connectivity index (χ1n) is 5.19. The molecule has 1 unspecified atom stereocenters. The molecule has 13 heavy (non-hydrogen) atoms. The van der Waals surface area contributed by atoms with E-state index in [4.69, 9.17) is 5.73 Å². The molecule has 2 atom stereocenters. The van der Waals surface area contributed by atoms with Crippen LogP contribution in [0.3, 0.4) is 0 Å². The van der Waals surface area contributed by atoms with Crippen molar-refractivity contribution in [3.8, 4) is 0 Å². The van der Waals surface area contributed by atoms with Gasteiger partial charge in [0.1, 0.15) is 0 Å².